The number of carbonyl (C=O) groups is 1. The molecule has 1 heterocycles. The average molecular weight is 434 g/mol. The van der Waals surface area contributed by atoms with E-state index in [2.05, 4.69) is 26.5 Å². The minimum absolute atomic E-state index is 0.0790. The zero-order chi connectivity index (χ0) is 19.5. The lowest BCUT2D eigenvalue weighted by atomic mass is 10.1. The molecule has 0 aliphatic heterocycles. The number of hydrazone groups is 1. The summed E-state index contributed by atoms with van der Waals surface area (Å²) in [6.07, 6.45) is 3.49. The minimum atomic E-state index is -0.471. The van der Waals surface area contributed by atoms with Gasteiger partial charge in [0.05, 0.1) is 17.5 Å². The highest BCUT2D eigenvalue weighted by Crippen LogP contribution is 2.24. The third-order valence-corrected chi connectivity index (χ3v) is 4.89. The van der Waals surface area contributed by atoms with E-state index in [1.165, 1.54) is 0 Å². The molecule has 0 fully saturated rings. The summed E-state index contributed by atoms with van der Waals surface area (Å²) in [5, 5.41) is 15.9. The van der Waals surface area contributed by atoms with Crippen LogP contribution in [0.3, 0.4) is 0 Å². The third-order valence-electron chi connectivity index (χ3n) is 4.36. The molecule has 0 radical (unpaired) electrons. The van der Waals surface area contributed by atoms with Crippen LogP contribution in [0.1, 0.15) is 16.1 Å². The molecule has 0 atom stereocenters. The van der Waals surface area contributed by atoms with Crippen molar-refractivity contribution in [2.75, 3.05) is 0 Å². The molecule has 0 aliphatic rings. The molecule has 0 unspecified atom stereocenters. The molecule has 4 aromatic rings. The fourth-order valence-corrected chi connectivity index (χ4v) is 3.23. The molecule has 3 aromatic carbocycles. The minimum Gasteiger partial charge on any atom is -0.507 e. The average Bonchev–Trinajstić information content (AvgIpc) is 3.16. The van der Waals surface area contributed by atoms with Gasteiger partial charge in [-0.05, 0) is 59.3 Å². The Hall–Kier alpha value is -3.38. The Kier molecular flexibility index (Phi) is 4.95. The van der Waals surface area contributed by atoms with Crippen molar-refractivity contribution < 1.29 is 9.90 Å². The first-order valence-electron chi connectivity index (χ1n) is 8.60. The van der Waals surface area contributed by atoms with Crippen molar-refractivity contribution in [3.8, 4) is 11.4 Å². The summed E-state index contributed by atoms with van der Waals surface area (Å²) >= 11 is 3.42. The van der Waals surface area contributed by atoms with Gasteiger partial charge in [-0.3, -0.25) is 4.79 Å². The summed E-state index contributed by atoms with van der Waals surface area (Å²) < 4.78 is 2.95. The van der Waals surface area contributed by atoms with Crippen molar-refractivity contribution in [2.45, 2.75) is 0 Å². The standard InChI is InChI=1S/C22H16BrN3O2/c23-17-7-9-18(10-8-17)26-11-3-6-19(26)14-24-25-22(28)20-12-15-4-1-2-5-16(15)13-21(20)27/h1-14,27H,(H,25,28). The number of nitrogens with one attached hydrogen (secondary N) is 1. The maximum Gasteiger partial charge on any atom is 0.275 e. The van der Waals surface area contributed by atoms with Crippen LogP contribution < -0.4 is 5.43 Å². The summed E-state index contributed by atoms with van der Waals surface area (Å²) in [5.41, 5.74) is 4.45. The predicted octanol–water partition coefficient (Wildman–Crippen LogP) is 4.86. The highest BCUT2D eigenvalue weighted by atomic mass is 79.9. The van der Waals surface area contributed by atoms with Gasteiger partial charge < -0.3 is 9.67 Å². The number of nitrogens with zero attached hydrogens (tertiary/aromatic N) is 2. The second-order valence-electron chi connectivity index (χ2n) is 6.20. The van der Waals surface area contributed by atoms with Crippen molar-refractivity contribution in [3.05, 3.63) is 94.7 Å². The first-order valence-corrected chi connectivity index (χ1v) is 9.39. The predicted molar refractivity (Wildman–Crippen MR) is 114 cm³/mol. The molecular weight excluding hydrogens is 418 g/mol. The second-order valence-corrected chi connectivity index (χ2v) is 7.11. The monoisotopic (exact) mass is 433 g/mol. The lowest BCUT2D eigenvalue weighted by Crippen LogP contribution is -2.18. The van der Waals surface area contributed by atoms with Gasteiger partial charge in [-0.1, -0.05) is 40.2 Å². The fraction of sp³-hybridized carbons (Fsp3) is 0. The van der Waals surface area contributed by atoms with Gasteiger partial charge in [0.2, 0.25) is 0 Å². The molecule has 1 amide bonds. The van der Waals surface area contributed by atoms with Crippen LogP contribution >= 0.6 is 15.9 Å². The highest BCUT2D eigenvalue weighted by Gasteiger charge is 2.12. The highest BCUT2D eigenvalue weighted by molar-refractivity contribution is 9.10. The van der Waals surface area contributed by atoms with Crippen LogP contribution in [-0.2, 0) is 0 Å². The molecule has 2 N–H and O–H groups in total. The van der Waals surface area contributed by atoms with Crippen molar-refractivity contribution in [2.24, 2.45) is 5.10 Å². The van der Waals surface area contributed by atoms with E-state index < -0.39 is 5.91 Å². The summed E-state index contributed by atoms with van der Waals surface area (Å²) in [7, 11) is 0. The van der Waals surface area contributed by atoms with E-state index in [4.69, 9.17) is 0 Å². The first kappa shape index (κ1) is 18.0. The number of amides is 1. The Balaban J connectivity index is 1.53. The second kappa shape index (κ2) is 7.70. The smallest absolute Gasteiger partial charge is 0.275 e. The molecule has 0 aliphatic carbocycles. The number of aromatic nitrogens is 1. The Bertz CT molecular complexity index is 1180. The van der Waals surface area contributed by atoms with Gasteiger partial charge in [0.25, 0.3) is 5.91 Å². The number of carbonyl (C=O) groups excluding carboxylic acids is 1. The molecule has 6 heteroatoms. The van der Waals surface area contributed by atoms with E-state index in [-0.39, 0.29) is 11.3 Å². The van der Waals surface area contributed by atoms with Crippen LogP contribution in [0, 0.1) is 0 Å². The van der Waals surface area contributed by atoms with E-state index in [1.807, 2.05) is 71.4 Å². The van der Waals surface area contributed by atoms with Gasteiger partial charge in [0.1, 0.15) is 5.75 Å². The first-order chi connectivity index (χ1) is 13.6. The molecule has 0 spiro atoms. The van der Waals surface area contributed by atoms with Crippen LogP contribution in [0.5, 0.6) is 5.75 Å². The normalized spacial score (nSPS) is 11.2. The van der Waals surface area contributed by atoms with Gasteiger partial charge in [-0.15, -0.1) is 0 Å². The lowest BCUT2D eigenvalue weighted by Gasteiger charge is -2.07. The van der Waals surface area contributed by atoms with Gasteiger partial charge >= 0.3 is 0 Å². The van der Waals surface area contributed by atoms with Gasteiger partial charge in [0, 0.05) is 16.4 Å². The van der Waals surface area contributed by atoms with Crippen molar-refractivity contribution in [1.82, 2.24) is 9.99 Å². The lowest BCUT2D eigenvalue weighted by molar-refractivity contribution is 0.0952. The Morgan fingerprint density at radius 1 is 1.00 bits per heavy atom. The molecule has 1 aromatic heterocycles. The van der Waals surface area contributed by atoms with Crippen LogP contribution in [0.15, 0.2) is 88.6 Å². The summed E-state index contributed by atoms with van der Waals surface area (Å²) in [6.45, 7) is 0. The zero-order valence-corrected chi connectivity index (χ0v) is 16.3. The Morgan fingerprint density at radius 3 is 2.46 bits per heavy atom. The van der Waals surface area contributed by atoms with E-state index in [9.17, 15) is 9.90 Å². The number of rotatable bonds is 4. The molecule has 4 rings (SSSR count). The number of hydrogen-bond donors (Lipinski definition) is 2. The van der Waals surface area contributed by atoms with Crippen LogP contribution in [0.25, 0.3) is 16.5 Å². The maximum atomic E-state index is 12.4. The van der Waals surface area contributed by atoms with Crippen molar-refractivity contribution in [1.29, 1.82) is 0 Å². The molecule has 5 nitrogen and oxygen atoms in total. The summed E-state index contributed by atoms with van der Waals surface area (Å²) in [4.78, 5) is 12.4. The largest absolute Gasteiger partial charge is 0.507 e. The number of aromatic hydroxyl groups is 1. The van der Waals surface area contributed by atoms with E-state index in [0.717, 1.165) is 26.6 Å². The fourth-order valence-electron chi connectivity index (χ4n) is 2.96. The number of halogens is 1. The molecular formula is C22H16BrN3O2. The van der Waals surface area contributed by atoms with Crippen LogP contribution in [-0.4, -0.2) is 21.8 Å². The van der Waals surface area contributed by atoms with Crippen molar-refractivity contribution >= 4 is 38.8 Å². The number of hydrogen-bond acceptors (Lipinski definition) is 3. The van der Waals surface area contributed by atoms with Crippen molar-refractivity contribution in [3.63, 3.8) is 0 Å². The van der Waals surface area contributed by atoms with Gasteiger partial charge in [0.15, 0.2) is 0 Å². The summed E-state index contributed by atoms with van der Waals surface area (Å²) in [5.74, 6) is -0.550. The molecule has 0 bridgehead atoms. The van der Waals surface area contributed by atoms with Gasteiger partial charge in [-0.25, -0.2) is 5.43 Å². The number of phenols is 1. The number of fused-ring (bicyclic) bond motifs is 1. The Morgan fingerprint density at radius 2 is 1.71 bits per heavy atom. The van der Waals surface area contributed by atoms with E-state index in [0.29, 0.717) is 0 Å². The molecule has 0 saturated heterocycles. The maximum absolute atomic E-state index is 12.4. The van der Waals surface area contributed by atoms with E-state index >= 15 is 0 Å². The molecule has 138 valence electrons. The summed E-state index contributed by atoms with van der Waals surface area (Å²) in [6, 6.07) is 22.4. The Labute approximate surface area is 170 Å². The zero-order valence-electron chi connectivity index (χ0n) is 14.7. The van der Waals surface area contributed by atoms with Gasteiger partial charge in [-0.2, -0.15) is 5.10 Å². The van der Waals surface area contributed by atoms with Crippen LogP contribution in [0.2, 0.25) is 0 Å². The molecule has 0 saturated carbocycles. The third kappa shape index (κ3) is 3.68. The topological polar surface area (TPSA) is 66.6 Å². The van der Waals surface area contributed by atoms with Crippen LogP contribution in [0.4, 0.5) is 0 Å². The SMILES string of the molecule is O=C(NN=Cc1cccn1-c1ccc(Br)cc1)c1cc2ccccc2cc1O. The quantitative estimate of drug-likeness (QED) is 0.356. The van der Waals surface area contributed by atoms with E-state index in [1.54, 1.807) is 18.3 Å². The number of benzene rings is 3. The number of phenolic OH excluding ortho intramolecular Hbond substituents is 1. The molecule has 28 heavy (non-hydrogen) atoms.